The molecule has 0 aliphatic heterocycles. The molecule has 7 heteroatoms. The predicted octanol–water partition coefficient (Wildman–Crippen LogP) is 3.34. The summed E-state index contributed by atoms with van der Waals surface area (Å²) in [5.41, 5.74) is 7.84. The first kappa shape index (κ1) is 25.4. The number of nitrogens with zero attached hydrogens (tertiary/aromatic N) is 1. The third kappa shape index (κ3) is 4.30. The van der Waals surface area contributed by atoms with E-state index >= 15 is 0 Å². The predicted molar refractivity (Wildman–Crippen MR) is 178 cm³/mol. The molecule has 0 fully saturated rings. The highest BCUT2D eigenvalue weighted by Crippen LogP contribution is 2.39. The summed E-state index contributed by atoms with van der Waals surface area (Å²) in [7, 11) is 5.67. The van der Waals surface area contributed by atoms with Gasteiger partial charge in [0.05, 0.1) is 17.1 Å². The number of phenolic OH excluding ortho intramolecular Hbond substituents is 2. The second-order valence-corrected chi connectivity index (χ2v) is 10.1. The Bertz CT molecular complexity index is 1850. The van der Waals surface area contributed by atoms with Crippen molar-refractivity contribution in [2.24, 2.45) is 4.99 Å². The van der Waals surface area contributed by atoms with E-state index in [0.29, 0.717) is 11.2 Å². The van der Waals surface area contributed by atoms with Crippen LogP contribution in [0.4, 0.5) is 17.1 Å². The minimum Gasteiger partial charge on any atom is -0.505 e. The zero-order chi connectivity index (χ0) is 27.8. The van der Waals surface area contributed by atoms with Crippen molar-refractivity contribution in [3.63, 3.8) is 0 Å². The van der Waals surface area contributed by atoms with E-state index in [1.54, 1.807) is 7.85 Å². The standard InChI is InChI=1S/C33H27B3N2O2/c34-28-29(35)31(33(40)32(39)30(28)36)38-26-17-9-8-16-25(26)37-18-24-20-12-4-6-14-22(20)27(19-10-2-1-3-11-19)23-15-7-5-13-21(23)24/h1-18,38-40H,34-36H2/b37-18+. The Labute approximate surface area is 236 Å². The number of phenols is 2. The van der Waals surface area contributed by atoms with Gasteiger partial charge in [-0.15, -0.1) is 0 Å². The molecular formula is C33H27B3N2O2. The second kappa shape index (κ2) is 10.3. The fourth-order valence-electron chi connectivity index (χ4n) is 5.45. The summed E-state index contributed by atoms with van der Waals surface area (Å²) in [6.07, 6.45) is 1.94. The highest BCUT2D eigenvalue weighted by atomic mass is 16.3. The van der Waals surface area contributed by atoms with Crippen molar-refractivity contribution in [1.82, 2.24) is 0 Å². The topological polar surface area (TPSA) is 64.8 Å². The number of fused-ring (bicyclic) bond motifs is 2. The molecule has 0 amide bonds. The van der Waals surface area contributed by atoms with E-state index < -0.39 is 0 Å². The van der Waals surface area contributed by atoms with E-state index in [0.717, 1.165) is 38.6 Å². The van der Waals surface area contributed by atoms with Crippen LogP contribution in [0.3, 0.4) is 0 Å². The molecule has 6 aromatic rings. The molecule has 0 saturated heterocycles. The molecule has 0 aliphatic rings. The van der Waals surface area contributed by atoms with E-state index in [-0.39, 0.29) is 11.5 Å². The highest BCUT2D eigenvalue weighted by molar-refractivity contribution is 6.59. The van der Waals surface area contributed by atoms with Crippen LogP contribution in [0.15, 0.2) is 108 Å². The molecule has 0 atom stereocenters. The van der Waals surface area contributed by atoms with Crippen molar-refractivity contribution >= 4 is 84.7 Å². The van der Waals surface area contributed by atoms with Gasteiger partial charge in [-0.2, -0.15) is 0 Å². The van der Waals surface area contributed by atoms with Crippen LogP contribution >= 0.6 is 0 Å². The molecule has 0 aliphatic carbocycles. The number of hydrogen-bond acceptors (Lipinski definition) is 4. The first-order valence-electron chi connectivity index (χ1n) is 13.4. The highest BCUT2D eigenvalue weighted by Gasteiger charge is 2.18. The number of anilines is 2. The number of benzene rings is 6. The molecule has 0 heterocycles. The molecule has 0 bridgehead atoms. The van der Waals surface area contributed by atoms with Crippen molar-refractivity contribution in [2.75, 3.05) is 5.32 Å². The van der Waals surface area contributed by atoms with Crippen LogP contribution in [-0.4, -0.2) is 40.0 Å². The third-order valence-electron chi connectivity index (χ3n) is 7.85. The average Bonchev–Trinajstić information content (AvgIpc) is 3.00. The number of hydrogen-bond donors (Lipinski definition) is 3. The van der Waals surface area contributed by atoms with Gasteiger partial charge in [-0.1, -0.05) is 107 Å². The van der Waals surface area contributed by atoms with Crippen molar-refractivity contribution in [3.8, 4) is 22.6 Å². The number of nitrogens with one attached hydrogen (secondary N) is 1. The Morgan fingerprint density at radius 2 is 1.12 bits per heavy atom. The first-order valence-corrected chi connectivity index (χ1v) is 13.4. The summed E-state index contributed by atoms with van der Waals surface area (Å²) < 4.78 is 0. The van der Waals surface area contributed by atoms with Crippen molar-refractivity contribution in [2.45, 2.75) is 0 Å². The molecule has 40 heavy (non-hydrogen) atoms. The van der Waals surface area contributed by atoms with Crippen LogP contribution in [-0.2, 0) is 0 Å². The lowest BCUT2D eigenvalue weighted by molar-refractivity contribution is 0.409. The van der Waals surface area contributed by atoms with Gasteiger partial charge in [0.15, 0.2) is 11.5 Å². The fourth-order valence-corrected chi connectivity index (χ4v) is 5.45. The molecule has 3 N–H and O–H groups in total. The largest absolute Gasteiger partial charge is 0.505 e. The van der Waals surface area contributed by atoms with E-state index in [9.17, 15) is 10.2 Å². The van der Waals surface area contributed by atoms with E-state index in [2.05, 4.69) is 78.1 Å². The maximum absolute atomic E-state index is 10.7. The average molecular weight is 516 g/mol. The minimum atomic E-state index is -0.159. The van der Waals surface area contributed by atoms with Crippen LogP contribution in [0.25, 0.3) is 32.7 Å². The van der Waals surface area contributed by atoms with Crippen molar-refractivity contribution < 1.29 is 10.2 Å². The van der Waals surface area contributed by atoms with Gasteiger partial charge in [0, 0.05) is 11.8 Å². The lowest BCUT2D eigenvalue weighted by Gasteiger charge is -2.19. The summed E-state index contributed by atoms with van der Waals surface area (Å²) >= 11 is 0. The van der Waals surface area contributed by atoms with Crippen LogP contribution in [0.1, 0.15) is 5.56 Å². The third-order valence-corrected chi connectivity index (χ3v) is 7.85. The van der Waals surface area contributed by atoms with Gasteiger partial charge in [0.1, 0.15) is 23.5 Å². The molecule has 0 unspecified atom stereocenters. The maximum Gasteiger partial charge on any atom is 0.180 e. The number of rotatable bonds is 5. The van der Waals surface area contributed by atoms with E-state index in [1.807, 2.05) is 52.2 Å². The van der Waals surface area contributed by atoms with Gasteiger partial charge in [-0.05, 0) is 44.8 Å². The van der Waals surface area contributed by atoms with Crippen LogP contribution in [0.5, 0.6) is 11.5 Å². The molecule has 4 nitrogen and oxygen atoms in total. The molecule has 6 aromatic carbocycles. The molecule has 0 radical (unpaired) electrons. The Morgan fingerprint density at radius 1 is 0.575 bits per heavy atom. The molecule has 0 spiro atoms. The van der Waals surface area contributed by atoms with Gasteiger partial charge in [0.25, 0.3) is 0 Å². The lowest BCUT2D eigenvalue weighted by atomic mass is 9.71. The Kier molecular flexibility index (Phi) is 6.57. The van der Waals surface area contributed by atoms with Gasteiger partial charge in [-0.25, -0.2) is 0 Å². The molecular weight excluding hydrogens is 489 g/mol. The van der Waals surface area contributed by atoms with Crippen molar-refractivity contribution in [1.29, 1.82) is 0 Å². The van der Waals surface area contributed by atoms with E-state index in [1.165, 1.54) is 21.9 Å². The minimum absolute atomic E-state index is 0.108. The van der Waals surface area contributed by atoms with Gasteiger partial charge in [0.2, 0.25) is 0 Å². The zero-order valence-corrected chi connectivity index (χ0v) is 22.7. The quantitative estimate of drug-likeness (QED) is 0.143. The van der Waals surface area contributed by atoms with Crippen LogP contribution in [0, 0.1) is 0 Å². The summed E-state index contributed by atoms with van der Waals surface area (Å²) in [6.45, 7) is 0. The summed E-state index contributed by atoms with van der Waals surface area (Å²) in [5, 5.41) is 29.2. The van der Waals surface area contributed by atoms with E-state index in [4.69, 9.17) is 4.99 Å². The van der Waals surface area contributed by atoms with Crippen LogP contribution in [0.2, 0.25) is 0 Å². The maximum atomic E-state index is 10.7. The number of aliphatic imine (C=N–C) groups is 1. The summed E-state index contributed by atoms with van der Waals surface area (Å²) in [5.74, 6) is -0.268. The first-order chi connectivity index (χ1) is 19.5. The second-order valence-electron chi connectivity index (χ2n) is 10.1. The monoisotopic (exact) mass is 516 g/mol. The summed E-state index contributed by atoms with van der Waals surface area (Å²) in [4.78, 5) is 4.97. The normalized spacial score (nSPS) is 11.4. The fraction of sp³-hybridized carbons (Fsp3) is 0. The molecule has 0 aromatic heterocycles. The molecule has 0 saturated carbocycles. The van der Waals surface area contributed by atoms with Gasteiger partial charge < -0.3 is 15.5 Å². The Hall–Kier alpha value is -4.90. The molecule has 6 rings (SSSR count). The lowest BCUT2D eigenvalue weighted by Crippen LogP contribution is -2.40. The van der Waals surface area contributed by atoms with Gasteiger partial charge >= 0.3 is 0 Å². The molecule has 190 valence electrons. The SMILES string of the molecule is Bc1c(B)c(O)c(O)c(Nc2ccccc2/N=C/c2c3ccccc3c(-c3ccccc3)c3ccccc23)c1B. The number of aromatic hydroxyl groups is 2. The van der Waals surface area contributed by atoms with Gasteiger partial charge in [-0.3, -0.25) is 4.99 Å². The van der Waals surface area contributed by atoms with Crippen molar-refractivity contribution in [3.05, 3.63) is 109 Å². The zero-order valence-electron chi connectivity index (χ0n) is 22.7. The smallest absolute Gasteiger partial charge is 0.180 e. The number of para-hydroxylation sites is 2. The van der Waals surface area contributed by atoms with Crippen LogP contribution < -0.4 is 21.7 Å². The Morgan fingerprint density at radius 3 is 1.77 bits per heavy atom. The Balaban J connectivity index is 1.51. The summed E-state index contributed by atoms with van der Waals surface area (Å²) in [6, 6.07) is 35.2.